The number of rotatable bonds is 9. The summed E-state index contributed by atoms with van der Waals surface area (Å²) in [6.07, 6.45) is 7.97. The van der Waals surface area contributed by atoms with E-state index in [1.807, 2.05) is 12.1 Å². The van der Waals surface area contributed by atoms with E-state index in [1.165, 1.54) is 35.1 Å². The van der Waals surface area contributed by atoms with Gasteiger partial charge in [-0.25, -0.2) is 0 Å². The second kappa shape index (κ2) is 11.2. The number of aromatic nitrogens is 1. The molecule has 1 atom stereocenters. The van der Waals surface area contributed by atoms with E-state index in [0.29, 0.717) is 6.54 Å². The van der Waals surface area contributed by atoms with Gasteiger partial charge in [0.15, 0.2) is 0 Å². The molecule has 1 aliphatic heterocycles. The third-order valence-electron chi connectivity index (χ3n) is 6.28. The molecular weight excluding hydrogens is 372 g/mol. The molecule has 2 heterocycles. The Kier molecular flexibility index (Phi) is 8.40. The molecule has 0 saturated carbocycles. The zero-order chi connectivity index (χ0) is 21.3. The highest BCUT2D eigenvalue weighted by Crippen LogP contribution is 2.23. The molecule has 5 heteroatoms. The Hall–Kier alpha value is -2.24. The molecule has 3 rings (SSSR count). The Bertz CT molecular complexity index is 815. The van der Waals surface area contributed by atoms with Crippen LogP contribution in [-0.2, 0) is 11.2 Å². The molecule has 1 unspecified atom stereocenters. The van der Waals surface area contributed by atoms with Crippen molar-refractivity contribution in [2.75, 3.05) is 26.2 Å². The van der Waals surface area contributed by atoms with Gasteiger partial charge >= 0.3 is 0 Å². The molecule has 3 N–H and O–H groups in total. The lowest BCUT2D eigenvalue weighted by Crippen LogP contribution is -2.40. The molecule has 0 bridgehead atoms. The second-order valence-electron chi connectivity index (χ2n) is 8.56. The van der Waals surface area contributed by atoms with Gasteiger partial charge in [-0.2, -0.15) is 0 Å². The lowest BCUT2D eigenvalue weighted by molar-refractivity contribution is -0.123. The highest BCUT2D eigenvalue weighted by Gasteiger charge is 2.23. The molecule has 1 fully saturated rings. The molecule has 1 saturated heterocycles. The van der Waals surface area contributed by atoms with Crippen LogP contribution in [0.2, 0.25) is 0 Å². The van der Waals surface area contributed by atoms with Crippen LogP contribution in [0.5, 0.6) is 0 Å². The quantitative estimate of drug-likeness (QED) is 0.595. The van der Waals surface area contributed by atoms with Crippen molar-refractivity contribution in [1.29, 1.82) is 0 Å². The molecule has 1 aliphatic rings. The van der Waals surface area contributed by atoms with E-state index >= 15 is 0 Å². The summed E-state index contributed by atoms with van der Waals surface area (Å²) in [4.78, 5) is 17.2. The normalized spacial score (nSPS) is 15.7. The Morgan fingerprint density at radius 3 is 2.50 bits per heavy atom. The SMILES string of the molecule is Cc1cc(C)c(C(NCCC2CCNCC2)C(=O)NCCc2ccncc2)cc1C. The molecule has 5 nitrogen and oxygen atoms in total. The van der Waals surface area contributed by atoms with Crippen LogP contribution in [0.15, 0.2) is 36.7 Å². The summed E-state index contributed by atoms with van der Waals surface area (Å²) >= 11 is 0. The first-order valence-electron chi connectivity index (χ1n) is 11.2. The van der Waals surface area contributed by atoms with Crippen LogP contribution >= 0.6 is 0 Å². The van der Waals surface area contributed by atoms with Crippen molar-refractivity contribution < 1.29 is 4.79 Å². The fourth-order valence-electron chi connectivity index (χ4n) is 4.22. The molecule has 162 valence electrons. The Morgan fingerprint density at radius 2 is 1.77 bits per heavy atom. The van der Waals surface area contributed by atoms with Gasteiger partial charge in [0.1, 0.15) is 6.04 Å². The van der Waals surface area contributed by atoms with Crippen LogP contribution in [0.4, 0.5) is 0 Å². The summed E-state index contributed by atoms with van der Waals surface area (Å²) in [6, 6.07) is 8.04. The van der Waals surface area contributed by atoms with Crippen LogP contribution in [0.1, 0.15) is 53.1 Å². The summed E-state index contributed by atoms with van der Waals surface area (Å²) in [6.45, 7) is 10.1. The topological polar surface area (TPSA) is 66.0 Å². The van der Waals surface area contributed by atoms with Crippen molar-refractivity contribution in [3.05, 3.63) is 64.5 Å². The highest BCUT2D eigenvalue weighted by atomic mass is 16.2. The third-order valence-corrected chi connectivity index (χ3v) is 6.28. The van der Waals surface area contributed by atoms with Gasteiger partial charge in [-0.1, -0.05) is 12.1 Å². The number of amides is 1. The molecule has 0 radical (unpaired) electrons. The fourth-order valence-corrected chi connectivity index (χ4v) is 4.22. The molecule has 1 aromatic carbocycles. The van der Waals surface area contributed by atoms with Crippen molar-refractivity contribution in [2.45, 2.75) is 52.5 Å². The first-order valence-corrected chi connectivity index (χ1v) is 11.2. The van der Waals surface area contributed by atoms with Crippen molar-refractivity contribution >= 4 is 5.91 Å². The van der Waals surface area contributed by atoms with Crippen LogP contribution < -0.4 is 16.0 Å². The smallest absolute Gasteiger partial charge is 0.241 e. The van der Waals surface area contributed by atoms with E-state index in [2.05, 4.69) is 53.8 Å². The summed E-state index contributed by atoms with van der Waals surface area (Å²) in [5.41, 5.74) is 5.93. The van der Waals surface area contributed by atoms with E-state index in [0.717, 1.165) is 44.0 Å². The minimum Gasteiger partial charge on any atom is -0.354 e. The number of nitrogens with one attached hydrogen (secondary N) is 3. The van der Waals surface area contributed by atoms with E-state index in [1.54, 1.807) is 12.4 Å². The maximum absolute atomic E-state index is 13.2. The Balaban J connectivity index is 1.64. The lowest BCUT2D eigenvalue weighted by Gasteiger charge is -2.25. The summed E-state index contributed by atoms with van der Waals surface area (Å²) in [7, 11) is 0. The average molecular weight is 409 g/mol. The number of hydrogen-bond acceptors (Lipinski definition) is 4. The number of hydrogen-bond donors (Lipinski definition) is 3. The van der Waals surface area contributed by atoms with Crippen LogP contribution in [0, 0.1) is 26.7 Å². The number of carbonyl (C=O) groups is 1. The Morgan fingerprint density at radius 1 is 1.07 bits per heavy atom. The fraction of sp³-hybridized carbons (Fsp3) is 0.520. The van der Waals surface area contributed by atoms with E-state index in [9.17, 15) is 4.79 Å². The number of carbonyl (C=O) groups excluding carboxylic acids is 1. The van der Waals surface area contributed by atoms with Crippen LogP contribution in [0.3, 0.4) is 0 Å². The van der Waals surface area contributed by atoms with Crippen LogP contribution in [0.25, 0.3) is 0 Å². The van der Waals surface area contributed by atoms with Crippen molar-refractivity contribution in [3.63, 3.8) is 0 Å². The average Bonchev–Trinajstić information content (AvgIpc) is 2.75. The van der Waals surface area contributed by atoms with E-state index in [4.69, 9.17) is 0 Å². The predicted octanol–water partition coefficient (Wildman–Crippen LogP) is 3.39. The molecule has 1 aromatic heterocycles. The molecule has 30 heavy (non-hydrogen) atoms. The molecule has 0 spiro atoms. The number of aryl methyl sites for hydroxylation is 3. The highest BCUT2D eigenvalue weighted by molar-refractivity contribution is 5.83. The van der Waals surface area contributed by atoms with Gasteiger partial charge in [-0.05, 0) is 112 Å². The Labute approximate surface area is 181 Å². The zero-order valence-electron chi connectivity index (χ0n) is 18.6. The number of piperidine rings is 1. The van der Waals surface area contributed by atoms with Crippen LogP contribution in [-0.4, -0.2) is 37.1 Å². The zero-order valence-corrected chi connectivity index (χ0v) is 18.6. The number of pyridine rings is 1. The standard InChI is InChI=1S/C25H36N4O/c1-18-16-20(3)23(17-19(18)2)24(28-14-8-21-4-10-26-11-5-21)25(30)29-15-9-22-6-12-27-13-7-22/h6-7,12-13,16-17,21,24,26,28H,4-5,8-11,14-15H2,1-3H3,(H,29,30). The van der Waals surface area contributed by atoms with Crippen molar-refractivity contribution in [1.82, 2.24) is 20.9 Å². The van der Waals surface area contributed by atoms with E-state index in [-0.39, 0.29) is 11.9 Å². The van der Waals surface area contributed by atoms with E-state index < -0.39 is 0 Å². The van der Waals surface area contributed by atoms with Crippen molar-refractivity contribution in [2.24, 2.45) is 5.92 Å². The molecule has 2 aromatic rings. The van der Waals surface area contributed by atoms with Gasteiger partial charge in [0.25, 0.3) is 0 Å². The van der Waals surface area contributed by atoms with Gasteiger partial charge in [0, 0.05) is 18.9 Å². The first kappa shape index (κ1) is 22.4. The lowest BCUT2D eigenvalue weighted by atomic mass is 9.93. The molecule has 1 amide bonds. The summed E-state index contributed by atoms with van der Waals surface area (Å²) in [5.74, 6) is 0.802. The van der Waals surface area contributed by atoms with Gasteiger partial charge < -0.3 is 16.0 Å². The molecular formula is C25H36N4O. The number of benzene rings is 1. The second-order valence-corrected chi connectivity index (χ2v) is 8.56. The minimum absolute atomic E-state index is 0.0562. The van der Waals surface area contributed by atoms with Gasteiger partial charge in [0.05, 0.1) is 0 Å². The van der Waals surface area contributed by atoms with Gasteiger partial charge in [-0.3, -0.25) is 9.78 Å². The minimum atomic E-state index is -0.316. The van der Waals surface area contributed by atoms with Crippen molar-refractivity contribution in [3.8, 4) is 0 Å². The first-order chi connectivity index (χ1) is 14.5. The third kappa shape index (κ3) is 6.38. The summed E-state index contributed by atoms with van der Waals surface area (Å²) in [5, 5.41) is 10.1. The summed E-state index contributed by atoms with van der Waals surface area (Å²) < 4.78 is 0. The molecule has 0 aliphatic carbocycles. The predicted molar refractivity (Wildman–Crippen MR) is 123 cm³/mol. The maximum atomic E-state index is 13.2. The van der Waals surface area contributed by atoms with Gasteiger partial charge in [0.2, 0.25) is 5.91 Å². The monoisotopic (exact) mass is 408 g/mol. The number of nitrogens with zero attached hydrogens (tertiary/aromatic N) is 1. The van der Waals surface area contributed by atoms with Gasteiger partial charge in [-0.15, -0.1) is 0 Å². The maximum Gasteiger partial charge on any atom is 0.241 e. The largest absolute Gasteiger partial charge is 0.354 e.